The minimum atomic E-state index is 0.197. The van der Waals surface area contributed by atoms with Gasteiger partial charge in [-0.15, -0.1) is 0 Å². The standard InChI is InChI=1S/C12H25N3/c1-12(2,3)15-10-6-4-5-9(7-10)8-11(13)14/h9-10,15H,4-8H2,1-3H3,(H3,13,14). The average Bonchev–Trinajstić information content (AvgIpc) is 1.99. The SMILES string of the molecule is CC(C)(C)NC1CCCC(CC(=N)N)C1. The van der Waals surface area contributed by atoms with Crippen LogP contribution in [0.5, 0.6) is 0 Å². The molecule has 2 unspecified atom stereocenters. The van der Waals surface area contributed by atoms with Gasteiger partial charge in [0.25, 0.3) is 0 Å². The highest BCUT2D eigenvalue weighted by atomic mass is 15.0. The van der Waals surface area contributed by atoms with Gasteiger partial charge in [-0.1, -0.05) is 6.42 Å². The highest BCUT2D eigenvalue weighted by Gasteiger charge is 2.25. The minimum absolute atomic E-state index is 0.197. The van der Waals surface area contributed by atoms with Gasteiger partial charge in [-0.2, -0.15) is 0 Å². The quantitative estimate of drug-likeness (QED) is 0.495. The molecular weight excluding hydrogens is 186 g/mol. The molecule has 1 saturated carbocycles. The van der Waals surface area contributed by atoms with E-state index in [0.29, 0.717) is 17.8 Å². The van der Waals surface area contributed by atoms with E-state index in [1.807, 2.05) is 0 Å². The van der Waals surface area contributed by atoms with E-state index >= 15 is 0 Å². The zero-order valence-electron chi connectivity index (χ0n) is 10.3. The van der Waals surface area contributed by atoms with Crippen molar-refractivity contribution in [2.75, 3.05) is 0 Å². The Kier molecular flexibility index (Phi) is 4.14. The van der Waals surface area contributed by atoms with Crippen LogP contribution in [0.3, 0.4) is 0 Å². The molecule has 1 aliphatic rings. The van der Waals surface area contributed by atoms with Crippen LogP contribution in [0.4, 0.5) is 0 Å². The zero-order valence-corrected chi connectivity index (χ0v) is 10.3. The molecule has 15 heavy (non-hydrogen) atoms. The maximum Gasteiger partial charge on any atom is 0.0908 e. The summed E-state index contributed by atoms with van der Waals surface area (Å²) in [6.45, 7) is 6.63. The zero-order chi connectivity index (χ0) is 11.5. The van der Waals surface area contributed by atoms with E-state index < -0.39 is 0 Å². The largest absolute Gasteiger partial charge is 0.388 e. The molecule has 0 aromatic carbocycles. The molecule has 0 spiro atoms. The first-order chi connectivity index (χ1) is 6.87. The first kappa shape index (κ1) is 12.5. The highest BCUT2D eigenvalue weighted by Crippen LogP contribution is 2.27. The van der Waals surface area contributed by atoms with E-state index in [-0.39, 0.29) is 5.54 Å². The number of hydrogen-bond donors (Lipinski definition) is 3. The molecule has 4 N–H and O–H groups in total. The molecule has 2 atom stereocenters. The molecule has 1 aliphatic carbocycles. The average molecular weight is 211 g/mol. The maximum absolute atomic E-state index is 7.33. The summed E-state index contributed by atoms with van der Waals surface area (Å²) in [5.41, 5.74) is 5.66. The topological polar surface area (TPSA) is 61.9 Å². The number of rotatable bonds is 3. The smallest absolute Gasteiger partial charge is 0.0908 e. The second-order valence-corrected chi connectivity index (χ2v) is 5.85. The molecule has 88 valence electrons. The summed E-state index contributed by atoms with van der Waals surface area (Å²) in [6, 6.07) is 0.614. The van der Waals surface area contributed by atoms with E-state index in [2.05, 4.69) is 26.1 Å². The van der Waals surface area contributed by atoms with Gasteiger partial charge in [0.1, 0.15) is 0 Å². The minimum Gasteiger partial charge on any atom is -0.388 e. The van der Waals surface area contributed by atoms with Crippen LogP contribution in [0, 0.1) is 11.3 Å². The molecule has 0 heterocycles. The number of amidine groups is 1. The first-order valence-corrected chi connectivity index (χ1v) is 5.97. The van der Waals surface area contributed by atoms with E-state index in [4.69, 9.17) is 11.1 Å². The van der Waals surface area contributed by atoms with Crippen LogP contribution in [0.2, 0.25) is 0 Å². The van der Waals surface area contributed by atoms with Gasteiger partial charge < -0.3 is 11.1 Å². The Morgan fingerprint density at radius 3 is 2.60 bits per heavy atom. The van der Waals surface area contributed by atoms with Crippen molar-refractivity contribution >= 4 is 5.84 Å². The molecule has 0 amide bonds. The maximum atomic E-state index is 7.33. The van der Waals surface area contributed by atoms with Crippen molar-refractivity contribution in [3.05, 3.63) is 0 Å². The second kappa shape index (κ2) is 4.97. The molecule has 0 aromatic rings. The summed E-state index contributed by atoms with van der Waals surface area (Å²) >= 11 is 0. The summed E-state index contributed by atoms with van der Waals surface area (Å²) in [4.78, 5) is 0. The van der Waals surface area contributed by atoms with Gasteiger partial charge in [0.15, 0.2) is 0 Å². The Hall–Kier alpha value is -0.570. The van der Waals surface area contributed by atoms with Crippen molar-refractivity contribution in [2.45, 2.75) is 64.5 Å². The summed E-state index contributed by atoms with van der Waals surface area (Å²) in [5, 5.41) is 11.0. The normalized spacial score (nSPS) is 27.7. The van der Waals surface area contributed by atoms with Crippen molar-refractivity contribution in [1.82, 2.24) is 5.32 Å². The number of nitrogens with two attached hydrogens (primary N) is 1. The van der Waals surface area contributed by atoms with Crippen molar-refractivity contribution in [3.8, 4) is 0 Å². The van der Waals surface area contributed by atoms with E-state index in [1.54, 1.807) is 0 Å². The molecule has 0 saturated heterocycles. The Morgan fingerprint density at radius 1 is 1.40 bits per heavy atom. The van der Waals surface area contributed by atoms with Crippen LogP contribution < -0.4 is 11.1 Å². The molecule has 0 radical (unpaired) electrons. The van der Waals surface area contributed by atoms with Gasteiger partial charge in [-0.05, 0) is 46.0 Å². The molecule has 1 fully saturated rings. The summed E-state index contributed by atoms with van der Waals surface area (Å²) < 4.78 is 0. The Labute approximate surface area is 93.3 Å². The fraction of sp³-hybridized carbons (Fsp3) is 0.917. The number of nitrogens with one attached hydrogen (secondary N) is 2. The first-order valence-electron chi connectivity index (χ1n) is 5.97. The third-order valence-electron chi connectivity index (χ3n) is 2.93. The van der Waals surface area contributed by atoms with Crippen LogP contribution in [-0.2, 0) is 0 Å². The predicted molar refractivity (Wildman–Crippen MR) is 65.2 cm³/mol. The van der Waals surface area contributed by atoms with Crippen LogP contribution in [0.25, 0.3) is 0 Å². The summed E-state index contributed by atoms with van der Waals surface area (Å²) in [6.07, 6.45) is 5.73. The molecule has 0 aliphatic heterocycles. The molecule has 3 heteroatoms. The van der Waals surface area contributed by atoms with Crippen molar-refractivity contribution in [2.24, 2.45) is 11.7 Å². The molecule has 1 rings (SSSR count). The predicted octanol–water partition coefficient (Wildman–Crippen LogP) is 2.26. The third-order valence-corrected chi connectivity index (χ3v) is 2.93. The van der Waals surface area contributed by atoms with Crippen LogP contribution in [0.1, 0.15) is 52.9 Å². The Bertz CT molecular complexity index is 217. The summed E-state index contributed by atoms with van der Waals surface area (Å²) in [7, 11) is 0. The van der Waals surface area contributed by atoms with E-state index in [9.17, 15) is 0 Å². The van der Waals surface area contributed by atoms with Gasteiger partial charge in [0, 0.05) is 18.0 Å². The lowest BCUT2D eigenvalue weighted by Crippen LogP contribution is -2.45. The van der Waals surface area contributed by atoms with Crippen LogP contribution >= 0.6 is 0 Å². The van der Waals surface area contributed by atoms with E-state index in [1.165, 1.54) is 25.7 Å². The summed E-state index contributed by atoms with van der Waals surface area (Å²) in [5.74, 6) is 0.965. The molecule has 0 aromatic heterocycles. The Balaban J connectivity index is 2.38. The lowest BCUT2D eigenvalue weighted by Gasteiger charge is -2.34. The van der Waals surface area contributed by atoms with E-state index in [0.717, 1.165) is 6.42 Å². The lowest BCUT2D eigenvalue weighted by atomic mass is 9.82. The Morgan fingerprint density at radius 2 is 2.07 bits per heavy atom. The van der Waals surface area contributed by atoms with Gasteiger partial charge in [0.05, 0.1) is 5.84 Å². The number of hydrogen-bond acceptors (Lipinski definition) is 2. The van der Waals surface area contributed by atoms with Gasteiger partial charge >= 0.3 is 0 Å². The fourth-order valence-corrected chi connectivity index (χ4v) is 2.53. The second-order valence-electron chi connectivity index (χ2n) is 5.85. The molecule has 0 bridgehead atoms. The van der Waals surface area contributed by atoms with Gasteiger partial charge in [-0.3, -0.25) is 5.41 Å². The van der Waals surface area contributed by atoms with Gasteiger partial charge in [0.2, 0.25) is 0 Å². The monoisotopic (exact) mass is 211 g/mol. The van der Waals surface area contributed by atoms with Crippen molar-refractivity contribution in [3.63, 3.8) is 0 Å². The van der Waals surface area contributed by atoms with Crippen molar-refractivity contribution < 1.29 is 0 Å². The van der Waals surface area contributed by atoms with Crippen LogP contribution in [-0.4, -0.2) is 17.4 Å². The fourth-order valence-electron chi connectivity index (χ4n) is 2.53. The lowest BCUT2D eigenvalue weighted by molar-refractivity contribution is 0.246. The highest BCUT2D eigenvalue weighted by molar-refractivity contribution is 5.77. The molecule has 3 nitrogen and oxygen atoms in total. The molecular formula is C12H25N3. The third kappa shape index (κ3) is 5.17. The van der Waals surface area contributed by atoms with Gasteiger partial charge in [-0.25, -0.2) is 0 Å². The van der Waals surface area contributed by atoms with Crippen molar-refractivity contribution in [1.29, 1.82) is 5.41 Å². The van der Waals surface area contributed by atoms with Crippen LogP contribution in [0.15, 0.2) is 0 Å².